The Labute approximate surface area is 105 Å². The van der Waals surface area contributed by atoms with Gasteiger partial charge in [-0.3, -0.25) is 4.90 Å². The van der Waals surface area contributed by atoms with Crippen LogP contribution >= 0.6 is 0 Å². The Morgan fingerprint density at radius 2 is 1.88 bits per heavy atom. The van der Waals surface area contributed by atoms with E-state index in [4.69, 9.17) is 5.73 Å². The van der Waals surface area contributed by atoms with Gasteiger partial charge in [-0.1, -0.05) is 44.2 Å². The van der Waals surface area contributed by atoms with Crippen molar-refractivity contribution in [1.29, 1.82) is 0 Å². The van der Waals surface area contributed by atoms with Crippen LogP contribution in [-0.2, 0) is 0 Å². The fourth-order valence-electron chi connectivity index (χ4n) is 2.50. The number of rotatable bonds is 6. The quantitative estimate of drug-likeness (QED) is 0.817. The Kier molecular flexibility index (Phi) is 4.19. The van der Waals surface area contributed by atoms with Crippen molar-refractivity contribution in [2.75, 3.05) is 13.1 Å². The van der Waals surface area contributed by atoms with Gasteiger partial charge in [0.05, 0.1) is 0 Å². The number of nitrogens with zero attached hydrogens (tertiary/aromatic N) is 1. The van der Waals surface area contributed by atoms with E-state index in [0.717, 1.165) is 12.6 Å². The van der Waals surface area contributed by atoms with Crippen LogP contribution in [0.4, 0.5) is 0 Å². The second-order valence-corrected chi connectivity index (χ2v) is 5.48. The first-order chi connectivity index (χ1) is 8.22. The summed E-state index contributed by atoms with van der Waals surface area (Å²) in [4.78, 5) is 2.61. The molecule has 2 N–H and O–H groups in total. The third kappa shape index (κ3) is 3.30. The number of nitrogens with two attached hydrogens (primary N) is 1. The van der Waals surface area contributed by atoms with Gasteiger partial charge in [0, 0.05) is 25.2 Å². The third-order valence-electron chi connectivity index (χ3n) is 3.40. The van der Waals surface area contributed by atoms with Crippen LogP contribution in [0.1, 0.15) is 38.3 Å². The van der Waals surface area contributed by atoms with E-state index in [1.807, 2.05) is 0 Å². The lowest BCUT2D eigenvalue weighted by Gasteiger charge is -2.32. The van der Waals surface area contributed by atoms with Crippen LogP contribution in [0.3, 0.4) is 0 Å². The van der Waals surface area contributed by atoms with E-state index >= 15 is 0 Å². The monoisotopic (exact) mass is 232 g/mol. The molecule has 1 aromatic carbocycles. The van der Waals surface area contributed by atoms with E-state index in [1.165, 1.54) is 18.4 Å². The Morgan fingerprint density at radius 1 is 1.24 bits per heavy atom. The van der Waals surface area contributed by atoms with Gasteiger partial charge in [-0.2, -0.15) is 0 Å². The zero-order valence-electron chi connectivity index (χ0n) is 11.0. The van der Waals surface area contributed by atoms with Crippen molar-refractivity contribution in [1.82, 2.24) is 4.90 Å². The lowest BCUT2D eigenvalue weighted by Crippen LogP contribution is -2.37. The lowest BCUT2D eigenvalue weighted by molar-refractivity contribution is 0.169. The molecule has 0 aliphatic heterocycles. The second-order valence-electron chi connectivity index (χ2n) is 5.48. The van der Waals surface area contributed by atoms with Crippen LogP contribution in [0, 0.1) is 5.92 Å². The average molecular weight is 232 g/mol. The van der Waals surface area contributed by atoms with Crippen LogP contribution < -0.4 is 5.73 Å². The van der Waals surface area contributed by atoms with Gasteiger partial charge in [0.1, 0.15) is 0 Å². The van der Waals surface area contributed by atoms with Crippen molar-refractivity contribution in [2.24, 2.45) is 11.7 Å². The summed E-state index contributed by atoms with van der Waals surface area (Å²) in [6.45, 7) is 6.44. The van der Waals surface area contributed by atoms with Crippen LogP contribution in [0.25, 0.3) is 0 Å². The van der Waals surface area contributed by atoms with E-state index in [0.29, 0.717) is 18.5 Å². The fourth-order valence-corrected chi connectivity index (χ4v) is 2.50. The average Bonchev–Trinajstić information content (AvgIpc) is 3.13. The maximum Gasteiger partial charge on any atom is 0.0473 e. The number of hydrogen-bond donors (Lipinski definition) is 1. The Hall–Kier alpha value is -0.860. The summed E-state index contributed by atoms with van der Waals surface area (Å²) < 4.78 is 0. The predicted molar refractivity (Wildman–Crippen MR) is 72.8 cm³/mol. The lowest BCUT2D eigenvalue weighted by atomic mass is 10.0. The molecule has 0 heterocycles. The largest absolute Gasteiger partial charge is 0.329 e. The standard InChI is InChI=1S/C15H24N2/c1-12(2)11-17(14-8-9-14)15(10-16)13-6-4-3-5-7-13/h3-7,12,14-15H,8-11,16H2,1-2H3. The summed E-state index contributed by atoms with van der Waals surface area (Å²) >= 11 is 0. The van der Waals surface area contributed by atoms with Crippen LogP contribution in [0.15, 0.2) is 30.3 Å². The molecular weight excluding hydrogens is 208 g/mol. The fraction of sp³-hybridized carbons (Fsp3) is 0.600. The van der Waals surface area contributed by atoms with Gasteiger partial charge >= 0.3 is 0 Å². The molecule has 2 heteroatoms. The zero-order chi connectivity index (χ0) is 12.3. The molecule has 1 atom stereocenters. The Morgan fingerprint density at radius 3 is 2.35 bits per heavy atom. The van der Waals surface area contributed by atoms with Crippen molar-refractivity contribution in [2.45, 2.75) is 38.8 Å². The van der Waals surface area contributed by atoms with Gasteiger partial charge < -0.3 is 5.73 Å². The molecule has 1 saturated carbocycles. The van der Waals surface area contributed by atoms with E-state index in [1.54, 1.807) is 0 Å². The normalized spacial score (nSPS) is 17.7. The van der Waals surface area contributed by atoms with E-state index < -0.39 is 0 Å². The van der Waals surface area contributed by atoms with Crippen molar-refractivity contribution in [3.63, 3.8) is 0 Å². The van der Waals surface area contributed by atoms with Crippen molar-refractivity contribution in [3.8, 4) is 0 Å². The third-order valence-corrected chi connectivity index (χ3v) is 3.40. The van der Waals surface area contributed by atoms with Crippen LogP contribution in [0.5, 0.6) is 0 Å². The molecule has 1 fully saturated rings. The van der Waals surface area contributed by atoms with Gasteiger partial charge in [0.15, 0.2) is 0 Å². The highest BCUT2D eigenvalue weighted by molar-refractivity contribution is 5.20. The summed E-state index contributed by atoms with van der Waals surface area (Å²) in [7, 11) is 0. The summed E-state index contributed by atoms with van der Waals surface area (Å²) in [5, 5.41) is 0. The second kappa shape index (κ2) is 5.65. The maximum atomic E-state index is 6.01. The Balaban J connectivity index is 2.14. The molecule has 0 bridgehead atoms. The van der Waals surface area contributed by atoms with Gasteiger partial charge in [-0.25, -0.2) is 0 Å². The first-order valence-electron chi connectivity index (χ1n) is 6.73. The highest BCUT2D eigenvalue weighted by Crippen LogP contribution is 2.34. The zero-order valence-corrected chi connectivity index (χ0v) is 11.0. The summed E-state index contributed by atoms with van der Waals surface area (Å²) in [6, 6.07) is 11.9. The highest BCUT2D eigenvalue weighted by atomic mass is 15.2. The minimum absolute atomic E-state index is 0.395. The van der Waals surface area contributed by atoms with Gasteiger partial charge in [0.25, 0.3) is 0 Å². The summed E-state index contributed by atoms with van der Waals surface area (Å²) in [6.07, 6.45) is 2.69. The Bertz CT molecular complexity index is 330. The molecule has 0 radical (unpaired) electrons. The van der Waals surface area contributed by atoms with Gasteiger partial charge in [0.2, 0.25) is 0 Å². The van der Waals surface area contributed by atoms with Crippen LogP contribution in [0.2, 0.25) is 0 Å². The summed E-state index contributed by atoms with van der Waals surface area (Å²) in [5.74, 6) is 0.702. The molecule has 1 aromatic rings. The molecule has 17 heavy (non-hydrogen) atoms. The highest BCUT2D eigenvalue weighted by Gasteiger charge is 2.34. The number of hydrogen-bond acceptors (Lipinski definition) is 2. The van der Waals surface area contributed by atoms with Crippen LogP contribution in [-0.4, -0.2) is 24.0 Å². The first kappa shape index (κ1) is 12.6. The first-order valence-corrected chi connectivity index (χ1v) is 6.73. The molecule has 1 unspecified atom stereocenters. The molecule has 94 valence electrons. The molecule has 0 saturated heterocycles. The molecule has 0 aromatic heterocycles. The molecule has 0 amide bonds. The smallest absolute Gasteiger partial charge is 0.0473 e. The molecule has 1 aliphatic rings. The van der Waals surface area contributed by atoms with E-state index in [9.17, 15) is 0 Å². The molecule has 2 nitrogen and oxygen atoms in total. The SMILES string of the molecule is CC(C)CN(C1CC1)C(CN)c1ccccc1. The van der Waals surface area contributed by atoms with Gasteiger partial charge in [-0.05, 0) is 24.3 Å². The predicted octanol–water partition coefficient (Wildman–Crippen LogP) is 2.81. The van der Waals surface area contributed by atoms with Gasteiger partial charge in [-0.15, -0.1) is 0 Å². The topological polar surface area (TPSA) is 29.3 Å². The minimum atomic E-state index is 0.395. The summed E-state index contributed by atoms with van der Waals surface area (Å²) in [5.41, 5.74) is 7.37. The van der Waals surface area contributed by atoms with E-state index in [2.05, 4.69) is 49.1 Å². The maximum absolute atomic E-state index is 6.01. The number of benzene rings is 1. The van der Waals surface area contributed by atoms with Crippen molar-refractivity contribution >= 4 is 0 Å². The molecule has 0 spiro atoms. The van der Waals surface area contributed by atoms with E-state index in [-0.39, 0.29) is 0 Å². The minimum Gasteiger partial charge on any atom is -0.329 e. The molecule has 2 rings (SSSR count). The molecular formula is C15H24N2. The molecule has 1 aliphatic carbocycles. The van der Waals surface area contributed by atoms with Crippen molar-refractivity contribution in [3.05, 3.63) is 35.9 Å². The van der Waals surface area contributed by atoms with Crippen molar-refractivity contribution < 1.29 is 0 Å².